The number of hydrogen-bond donors (Lipinski definition) is 0. The quantitative estimate of drug-likeness (QED) is 0.0646. The third-order valence-corrected chi connectivity index (χ3v) is 15.0. The van der Waals surface area contributed by atoms with Gasteiger partial charge >= 0.3 is 23.9 Å². The van der Waals surface area contributed by atoms with Crippen molar-refractivity contribution in [1.82, 2.24) is 0 Å². The fourth-order valence-corrected chi connectivity index (χ4v) is 12.8. The normalized spacial score (nSPS) is 21.0. The van der Waals surface area contributed by atoms with Crippen LogP contribution < -0.4 is 38.7 Å². The Balaban J connectivity index is 0.000000226. The van der Waals surface area contributed by atoms with Gasteiger partial charge in [-0.3, -0.25) is 0 Å². The van der Waals surface area contributed by atoms with E-state index in [0.717, 1.165) is 55.7 Å². The van der Waals surface area contributed by atoms with Crippen molar-refractivity contribution in [3.05, 3.63) is 153 Å². The highest BCUT2D eigenvalue weighted by Crippen LogP contribution is 2.55. The molecule has 408 valence electrons. The Morgan fingerprint density at radius 2 is 0.705 bits per heavy atom. The van der Waals surface area contributed by atoms with Gasteiger partial charge in [0.05, 0.1) is 28.4 Å². The summed E-state index contributed by atoms with van der Waals surface area (Å²) in [6, 6.07) is 0. The van der Waals surface area contributed by atoms with E-state index >= 15 is 0 Å². The van der Waals surface area contributed by atoms with Crippen molar-refractivity contribution in [2.24, 2.45) is 0 Å². The van der Waals surface area contributed by atoms with Gasteiger partial charge in [-0.1, -0.05) is 57.8 Å². The molecular formula is C59H62N4O15. The number of aromatic nitrogens is 4. The van der Waals surface area contributed by atoms with E-state index in [2.05, 4.69) is 18.7 Å². The van der Waals surface area contributed by atoms with Gasteiger partial charge in [0.1, 0.15) is 40.2 Å². The number of allylic oxidation sites excluding steroid dienone is 9. The Morgan fingerprint density at radius 1 is 0.423 bits per heavy atom. The highest BCUT2D eigenvalue weighted by Gasteiger charge is 2.50. The number of carboxylic acids is 3. The Bertz CT molecular complexity index is 3240. The number of rotatable bonds is 16. The lowest BCUT2D eigenvalue weighted by Gasteiger charge is -2.35. The van der Waals surface area contributed by atoms with Crippen LogP contribution in [0.2, 0.25) is 0 Å². The molecule has 4 unspecified atom stereocenters. The summed E-state index contributed by atoms with van der Waals surface area (Å²) in [7, 11) is 5.13. The fourth-order valence-electron chi connectivity index (χ4n) is 12.8. The minimum atomic E-state index is -1.30. The van der Waals surface area contributed by atoms with E-state index in [4.69, 9.17) is 18.9 Å². The summed E-state index contributed by atoms with van der Waals surface area (Å²) in [5.41, 5.74) is 7.87. The fraction of sp³-hybridized carbons (Fsp3) is 0.373. The zero-order chi connectivity index (χ0) is 57.7. The van der Waals surface area contributed by atoms with E-state index in [0.29, 0.717) is 29.5 Å². The number of ether oxygens (including phenoxy) is 4. The first kappa shape index (κ1) is 57.1. The van der Waals surface area contributed by atoms with Crippen LogP contribution >= 0.6 is 0 Å². The zero-order valence-corrected chi connectivity index (χ0v) is 45.8. The summed E-state index contributed by atoms with van der Waals surface area (Å²) in [5, 5.41) is 45.9. The van der Waals surface area contributed by atoms with E-state index in [1.54, 1.807) is 29.4 Å². The van der Waals surface area contributed by atoms with Crippen molar-refractivity contribution in [2.45, 2.75) is 116 Å². The standard InChI is InChI=1S/C30H32N2O7.C29H30N2O8/c1-17-8-29(4,25-20(17)11-31(10-19(3)33)13-22(25)27(36)38-6)16-30(5)9-18(2)21-12-32(15-24(34)35)14-23(26(21)30)28(37)39-7;1-16-7-28(3,20-11-30(13-22(32)33)9-18(24(16)20)26(36)38-5)15-29(4)8-17(2)25-19(27(37)39-6)10-31(12-21(25)29)14-23(34)35/h8-9,11-14H,3,10,15-16H2,1-2,4-7H3;7-12H,13-15H2,1-6H3. The van der Waals surface area contributed by atoms with Crippen LogP contribution in [0.5, 0.6) is 0 Å². The number of fused-ring (bicyclic) bond motifs is 4. The molecule has 4 aromatic rings. The molecule has 0 fully saturated rings. The Kier molecular flexibility index (Phi) is 15.4. The summed E-state index contributed by atoms with van der Waals surface area (Å²) < 4.78 is 26.1. The molecule has 0 aromatic carbocycles. The molecule has 78 heavy (non-hydrogen) atoms. The van der Waals surface area contributed by atoms with Crippen LogP contribution in [-0.2, 0) is 81.2 Å². The third-order valence-electron chi connectivity index (χ3n) is 15.0. The maximum absolute atomic E-state index is 13.0. The summed E-state index contributed by atoms with van der Waals surface area (Å²) in [4.78, 5) is 85.5. The number of aliphatic carboxylic acids is 3. The molecular weight excluding hydrogens is 1000 g/mol. The second-order valence-electron chi connectivity index (χ2n) is 21.5. The number of methoxy groups -OCH3 is 4. The first-order valence-electron chi connectivity index (χ1n) is 24.8. The molecule has 0 bridgehead atoms. The highest BCUT2D eigenvalue weighted by atomic mass is 16.5. The molecule has 4 heterocycles. The summed E-state index contributed by atoms with van der Waals surface area (Å²) >= 11 is 0. The van der Waals surface area contributed by atoms with Gasteiger partial charge in [0.25, 0.3) is 0 Å². The number of carbonyl (C=O) groups is 7. The van der Waals surface area contributed by atoms with Crippen molar-refractivity contribution < 1.29 is 91.2 Å². The van der Waals surface area contributed by atoms with E-state index in [1.807, 2.05) is 73.7 Å². The molecule has 0 radical (unpaired) electrons. The molecule has 19 nitrogen and oxygen atoms in total. The third kappa shape index (κ3) is 10.6. The topological polar surface area (TPSA) is 264 Å². The number of pyridine rings is 4. The SMILES string of the molecule is C=C([O-])C[n+]1cc(C(=O)OC)c2c(c1)C(C)=CC2(C)CC1(C)C=C(C)c2c[n+](CC(=O)[O-])cc(C(=O)OC)c21.COC(=O)c1c[n+](CC(=O)[O-])cc2c1C(C)=CC2(C)CC1(C)C=C(C)c2c(C(=O)OC)c[n+](CC(=O)[O-])cc21. The Morgan fingerprint density at radius 3 is 1.03 bits per heavy atom. The molecule has 4 aromatic heterocycles. The van der Waals surface area contributed by atoms with Crippen LogP contribution in [0.25, 0.3) is 22.3 Å². The number of carboxylic acid groups (broad SMARTS) is 3. The van der Waals surface area contributed by atoms with Crippen molar-refractivity contribution >= 4 is 64.1 Å². The molecule has 0 spiro atoms. The predicted molar refractivity (Wildman–Crippen MR) is 269 cm³/mol. The highest BCUT2D eigenvalue weighted by molar-refractivity contribution is 5.99. The minimum absolute atomic E-state index is 0.0165. The molecule has 8 rings (SSSR count). The second-order valence-corrected chi connectivity index (χ2v) is 21.5. The maximum Gasteiger partial charge on any atom is 0.344 e. The monoisotopic (exact) mass is 1070 g/mol. The first-order chi connectivity index (χ1) is 36.4. The second kappa shape index (κ2) is 21.1. The maximum atomic E-state index is 13.0. The molecule has 0 amide bonds. The van der Waals surface area contributed by atoms with Crippen LogP contribution in [0.4, 0.5) is 0 Å². The van der Waals surface area contributed by atoms with Crippen molar-refractivity contribution in [3.63, 3.8) is 0 Å². The van der Waals surface area contributed by atoms with Gasteiger partial charge in [0.15, 0.2) is 75.8 Å². The van der Waals surface area contributed by atoms with Crippen molar-refractivity contribution in [2.75, 3.05) is 28.4 Å². The van der Waals surface area contributed by atoms with Gasteiger partial charge in [-0.2, -0.15) is 13.7 Å². The lowest BCUT2D eigenvalue weighted by molar-refractivity contribution is -0.700. The number of esters is 4. The predicted octanol–water partition coefficient (Wildman–Crippen LogP) is 0.672. The summed E-state index contributed by atoms with van der Waals surface area (Å²) in [6.07, 6.45) is 22.2. The van der Waals surface area contributed by atoms with Crippen LogP contribution in [0.1, 0.15) is 154 Å². The van der Waals surface area contributed by atoms with E-state index < -0.39 is 83.1 Å². The Labute approximate surface area is 451 Å². The molecule has 0 saturated heterocycles. The molecule has 19 heteroatoms. The molecule has 0 aliphatic heterocycles. The molecule has 0 saturated carbocycles. The Hall–Kier alpha value is -8.61. The summed E-state index contributed by atoms with van der Waals surface area (Å²) in [5.74, 6) is -6.45. The van der Waals surface area contributed by atoms with Crippen LogP contribution in [-0.4, -0.2) is 70.2 Å². The van der Waals surface area contributed by atoms with E-state index in [9.17, 15) is 54.0 Å². The largest absolute Gasteiger partial charge is 0.872 e. The summed E-state index contributed by atoms with van der Waals surface area (Å²) in [6.45, 7) is 17.9. The lowest BCUT2D eigenvalue weighted by atomic mass is 9.67. The molecule has 0 N–H and O–H groups in total. The smallest absolute Gasteiger partial charge is 0.344 e. The van der Waals surface area contributed by atoms with Gasteiger partial charge in [-0.25, -0.2) is 23.7 Å². The van der Waals surface area contributed by atoms with Gasteiger partial charge in [-0.15, -0.1) is 6.58 Å². The van der Waals surface area contributed by atoms with Crippen LogP contribution in [0.15, 0.2) is 86.2 Å². The lowest BCUT2D eigenvalue weighted by Crippen LogP contribution is -2.46. The van der Waals surface area contributed by atoms with Crippen LogP contribution in [0, 0.1) is 0 Å². The van der Waals surface area contributed by atoms with Gasteiger partial charge in [0, 0.05) is 55.0 Å². The first-order valence-corrected chi connectivity index (χ1v) is 24.8. The molecule has 4 aliphatic rings. The van der Waals surface area contributed by atoms with Gasteiger partial charge < -0.3 is 53.8 Å². The zero-order valence-electron chi connectivity index (χ0n) is 45.8. The number of carbonyl (C=O) groups excluding carboxylic acids is 7. The minimum Gasteiger partial charge on any atom is -0.872 e. The van der Waals surface area contributed by atoms with E-state index in [1.165, 1.54) is 60.7 Å². The van der Waals surface area contributed by atoms with Gasteiger partial charge in [-0.05, 0) is 74.0 Å². The van der Waals surface area contributed by atoms with Crippen molar-refractivity contribution in [3.8, 4) is 0 Å². The average molecular weight is 1070 g/mol. The van der Waals surface area contributed by atoms with Gasteiger partial charge in [0.2, 0.25) is 0 Å². The van der Waals surface area contributed by atoms with Crippen LogP contribution in [0.3, 0.4) is 0 Å². The van der Waals surface area contributed by atoms with Crippen molar-refractivity contribution in [1.29, 1.82) is 0 Å². The molecule has 4 atom stereocenters. The van der Waals surface area contributed by atoms with E-state index in [-0.39, 0.29) is 29.0 Å². The number of nitrogens with zero attached hydrogens (tertiary/aromatic N) is 4. The average Bonchev–Trinajstić information content (AvgIpc) is 3.98. The number of hydrogen-bond acceptors (Lipinski definition) is 15. The molecule has 4 aliphatic carbocycles.